The summed E-state index contributed by atoms with van der Waals surface area (Å²) < 4.78 is 25.3. The number of hydrogen-bond donors (Lipinski definition) is 0. The molecule has 1 saturated heterocycles. The molecule has 1 saturated carbocycles. The van der Waals surface area contributed by atoms with Gasteiger partial charge in [-0.3, -0.25) is 0 Å². The first-order valence-electron chi connectivity index (χ1n) is 9.62. The highest BCUT2D eigenvalue weighted by molar-refractivity contribution is 5.33. The molecule has 0 bridgehead atoms. The van der Waals surface area contributed by atoms with Crippen LogP contribution >= 0.6 is 0 Å². The SMILES string of the molecule is CCC1CCC(CCC2COC(c3ccc(C#N)c(F)c3)OC2)CC1. The molecular formula is C21H28FNO2. The van der Waals surface area contributed by atoms with Crippen LogP contribution in [-0.4, -0.2) is 13.2 Å². The zero-order valence-electron chi connectivity index (χ0n) is 15.0. The van der Waals surface area contributed by atoms with E-state index in [0.29, 0.717) is 24.7 Å². The van der Waals surface area contributed by atoms with E-state index < -0.39 is 12.1 Å². The van der Waals surface area contributed by atoms with Crippen LogP contribution in [0, 0.1) is 34.9 Å². The van der Waals surface area contributed by atoms with E-state index in [4.69, 9.17) is 14.7 Å². The summed E-state index contributed by atoms with van der Waals surface area (Å²) in [7, 11) is 0. The second-order valence-corrected chi connectivity index (χ2v) is 7.59. The summed E-state index contributed by atoms with van der Waals surface area (Å²) in [6.07, 6.45) is 8.77. The summed E-state index contributed by atoms with van der Waals surface area (Å²) in [6, 6.07) is 6.36. The molecule has 136 valence electrons. The maximum Gasteiger partial charge on any atom is 0.183 e. The fourth-order valence-electron chi connectivity index (χ4n) is 4.07. The Morgan fingerprint density at radius 1 is 1.04 bits per heavy atom. The molecule has 2 aliphatic rings. The number of ether oxygens (including phenoxy) is 2. The van der Waals surface area contributed by atoms with Gasteiger partial charge in [0, 0.05) is 11.5 Å². The Balaban J connectivity index is 1.42. The van der Waals surface area contributed by atoms with Crippen LogP contribution in [0.3, 0.4) is 0 Å². The third kappa shape index (κ3) is 4.80. The molecule has 0 aromatic heterocycles. The van der Waals surface area contributed by atoms with Crippen LogP contribution in [0.2, 0.25) is 0 Å². The lowest BCUT2D eigenvalue weighted by atomic mass is 9.78. The predicted molar refractivity (Wildman–Crippen MR) is 94.2 cm³/mol. The molecule has 0 atom stereocenters. The summed E-state index contributed by atoms with van der Waals surface area (Å²) in [5, 5.41) is 8.80. The molecule has 1 aliphatic carbocycles. The fraction of sp³-hybridized carbons (Fsp3) is 0.667. The molecule has 3 rings (SSSR count). The highest BCUT2D eigenvalue weighted by atomic mass is 19.1. The minimum Gasteiger partial charge on any atom is -0.348 e. The molecular weight excluding hydrogens is 317 g/mol. The summed E-state index contributed by atoms with van der Waals surface area (Å²) >= 11 is 0. The fourth-order valence-corrected chi connectivity index (χ4v) is 4.07. The minimum atomic E-state index is -0.517. The molecule has 4 heteroatoms. The Bertz CT molecular complexity index is 596. The average Bonchev–Trinajstić information content (AvgIpc) is 2.67. The molecule has 0 N–H and O–H groups in total. The summed E-state index contributed by atoms with van der Waals surface area (Å²) in [5.74, 6) is 1.74. The lowest BCUT2D eigenvalue weighted by Gasteiger charge is -2.32. The van der Waals surface area contributed by atoms with Gasteiger partial charge in [-0.1, -0.05) is 51.5 Å². The summed E-state index contributed by atoms with van der Waals surface area (Å²) in [5.41, 5.74) is 0.697. The summed E-state index contributed by atoms with van der Waals surface area (Å²) in [6.45, 7) is 3.63. The smallest absolute Gasteiger partial charge is 0.183 e. The van der Waals surface area contributed by atoms with Crippen molar-refractivity contribution in [2.24, 2.45) is 17.8 Å². The molecule has 1 aromatic carbocycles. The Kier molecular flexibility index (Phi) is 6.45. The van der Waals surface area contributed by atoms with Crippen molar-refractivity contribution in [3.63, 3.8) is 0 Å². The first-order valence-corrected chi connectivity index (χ1v) is 9.62. The van der Waals surface area contributed by atoms with Crippen LogP contribution in [0.25, 0.3) is 0 Å². The van der Waals surface area contributed by atoms with Crippen molar-refractivity contribution in [3.8, 4) is 6.07 Å². The Hall–Kier alpha value is -1.44. The van der Waals surface area contributed by atoms with Crippen molar-refractivity contribution in [1.29, 1.82) is 5.26 Å². The van der Waals surface area contributed by atoms with E-state index >= 15 is 0 Å². The van der Waals surface area contributed by atoms with Crippen LogP contribution in [0.15, 0.2) is 18.2 Å². The van der Waals surface area contributed by atoms with Crippen molar-refractivity contribution in [2.75, 3.05) is 13.2 Å². The summed E-state index contributed by atoms with van der Waals surface area (Å²) in [4.78, 5) is 0. The third-order valence-electron chi connectivity index (χ3n) is 5.88. The van der Waals surface area contributed by atoms with Gasteiger partial charge < -0.3 is 9.47 Å². The van der Waals surface area contributed by atoms with Gasteiger partial charge in [-0.15, -0.1) is 0 Å². The number of hydrogen-bond acceptors (Lipinski definition) is 3. The highest BCUT2D eigenvalue weighted by Gasteiger charge is 2.26. The van der Waals surface area contributed by atoms with Gasteiger partial charge in [0.1, 0.15) is 11.9 Å². The molecule has 0 unspecified atom stereocenters. The molecule has 3 nitrogen and oxygen atoms in total. The van der Waals surface area contributed by atoms with E-state index in [1.165, 1.54) is 50.7 Å². The van der Waals surface area contributed by atoms with Crippen LogP contribution in [0.4, 0.5) is 4.39 Å². The second kappa shape index (κ2) is 8.78. The standard InChI is InChI=1S/C21H28FNO2/c1-2-15-3-5-16(6-4-15)7-8-17-13-24-21(25-14-17)18-9-10-19(12-23)20(22)11-18/h9-11,15-17,21H,2-8,13-14H2,1H3. The van der Waals surface area contributed by atoms with Crippen molar-refractivity contribution in [2.45, 2.75) is 58.2 Å². The molecule has 1 aliphatic heterocycles. The minimum absolute atomic E-state index is 0.0511. The van der Waals surface area contributed by atoms with Gasteiger partial charge in [0.15, 0.2) is 6.29 Å². The van der Waals surface area contributed by atoms with Crippen molar-refractivity contribution >= 4 is 0 Å². The van der Waals surface area contributed by atoms with Gasteiger partial charge >= 0.3 is 0 Å². The van der Waals surface area contributed by atoms with Gasteiger partial charge in [0.2, 0.25) is 0 Å². The quantitative estimate of drug-likeness (QED) is 0.722. The van der Waals surface area contributed by atoms with Crippen LogP contribution < -0.4 is 0 Å². The van der Waals surface area contributed by atoms with E-state index in [1.54, 1.807) is 6.07 Å². The monoisotopic (exact) mass is 345 g/mol. The van der Waals surface area contributed by atoms with E-state index in [1.807, 2.05) is 6.07 Å². The topological polar surface area (TPSA) is 42.2 Å². The molecule has 1 aromatic rings. The van der Waals surface area contributed by atoms with Gasteiger partial charge in [-0.2, -0.15) is 5.26 Å². The molecule has 2 fully saturated rings. The van der Waals surface area contributed by atoms with Crippen LogP contribution in [-0.2, 0) is 9.47 Å². The third-order valence-corrected chi connectivity index (χ3v) is 5.88. The van der Waals surface area contributed by atoms with E-state index in [-0.39, 0.29) is 5.56 Å². The normalized spacial score (nSPS) is 30.0. The van der Waals surface area contributed by atoms with E-state index in [0.717, 1.165) is 18.3 Å². The second-order valence-electron chi connectivity index (χ2n) is 7.59. The van der Waals surface area contributed by atoms with Crippen molar-refractivity contribution < 1.29 is 13.9 Å². The number of rotatable bonds is 5. The average molecular weight is 345 g/mol. The zero-order chi connectivity index (χ0) is 17.6. The Morgan fingerprint density at radius 2 is 1.68 bits per heavy atom. The number of nitriles is 1. The number of benzene rings is 1. The van der Waals surface area contributed by atoms with Crippen LogP contribution in [0.1, 0.15) is 69.3 Å². The molecule has 1 heterocycles. The van der Waals surface area contributed by atoms with Gasteiger partial charge in [0.25, 0.3) is 0 Å². The van der Waals surface area contributed by atoms with Crippen LogP contribution in [0.5, 0.6) is 0 Å². The first-order chi connectivity index (χ1) is 12.2. The zero-order valence-corrected chi connectivity index (χ0v) is 15.0. The number of halogens is 1. The highest BCUT2D eigenvalue weighted by Crippen LogP contribution is 2.35. The lowest BCUT2D eigenvalue weighted by Crippen LogP contribution is -2.28. The Labute approximate surface area is 150 Å². The number of nitrogens with zero attached hydrogens (tertiary/aromatic N) is 1. The van der Waals surface area contributed by atoms with Crippen molar-refractivity contribution in [3.05, 3.63) is 35.1 Å². The maximum atomic E-state index is 13.7. The Morgan fingerprint density at radius 3 is 2.28 bits per heavy atom. The maximum absolute atomic E-state index is 13.7. The lowest BCUT2D eigenvalue weighted by molar-refractivity contribution is -0.206. The molecule has 0 radical (unpaired) electrons. The van der Waals surface area contributed by atoms with Gasteiger partial charge in [-0.25, -0.2) is 4.39 Å². The van der Waals surface area contributed by atoms with Gasteiger partial charge in [-0.05, 0) is 30.4 Å². The van der Waals surface area contributed by atoms with Crippen molar-refractivity contribution in [1.82, 2.24) is 0 Å². The molecule has 0 spiro atoms. The predicted octanol–water partition coefficient (Wildman–Crippen LogP) is 5.36. The van der Waals surface area contributed by atoms with E-state index in [9.17, 15) is 4.39 Å². The first kappa shape index (κ1) is 18.4. The van der Waals surface area contributed by atoms with E-state index in [2.05, 4.69) is 6.92 Å². The molecule has 0 amide bonds. The largest absolute Gasteiger partial charge is 0.348 e. The molecule has 25 heavy (non-hydrogen) atoms. The van der Waals surface area contributed by atoms with Gasteiger partial charge in [0.05, 0.1) is 18.8 Å².